The van der Waals surface area contributed by atoms with E-state index < -0.39 is 11.6 Å². The lowest BCUT2D eigenvalue weighted by Crippen LogP contribution is -2.04. The van der Waals surface area contributed by atoms with Crippen LogP contribution in [0.5, 0.6) is 0 Å². The quantitative estimate of drug-likeness (QED) is 0.910. The number of benzene rings is 1. The number of aryl methyl sites for hydroxylation is 1. The van der Waals surface area contributed by atoms with E-state index in [1.807, 2.05) is 6.92 Å². The molecule has 18 heavy (non-hydrogen) atoms. The van der Waals surface area contributed by atoms with Crippen molar-refractivity contribution < 1.29 is 8.78 Å². The van der Waals surface area contributed by atoms with Gasteiger partial charge in [0, 0.05) is 12.1 Å². The summed E-state index contributed by atoms with van der Waals surface area (Å²) >= 11 is 0. The summed E-state index contributed by atoms with van der Waals surface area (Å²) in [6.45, 7) is 4.52. The predicted octanol–water partition coefficient (Wildman–Crippen LogP) is 3.13. The molecule has 0 saturated heterocycles. The summed E-state index contributed by atoms with van der Waals surface area (Å²) in [7, 11) is 0. The summed E-state index contributed by atoms with van der Waals surface area (Å²) in [4.78, 5) is 4.23. The molecule has 1 aromatic carbocycles. The maximum absolute atomic E-state index is 13.7. The summed E-state index contributed by atoms with van der Waals surface area (Å²) in [6.07, 6.45) is 0.895. The van der Waals surface area contributed by atoms with Crippen molar-refractivity contribution in [1.82, 2.24) is 9.55 Å². The van der Waals surface area contributed by atoms with Gasteiger partial charge >= 0.3 is 0 Å². The summed E-state index contributed by atoms with van der Waals surface area (Å²) in [6, 6.07) is 4.00. The molecule has 2 N–H and O–H groups in total. The molecule has 0 spiro atoms. The number of nitrogen functional groups attached to an aromatic ring is 1. The Morgan fingerprint density at radius 3 is 2.72 bits per heavy atom. The Kier molecular flexibility index (Phi) is 3.32. The highest BCUT2D eigenvalue weighted by molar-refractivity contribution is 5.71. The van der Waals surface area contributed by atoms with Crippen LogP contribution < -0.4 is 5.73 Å². The molecule has 0 amide bonds. The van der Waals surface area contributed by atoms with Crippen molar-refractivity contribution in [3.05, 3.63) is 35.7 Å². The van der Waals surface area contributed by atoms with Crippen molar-refractivity contribution in [2.45, 2.75) is 26.8 Å². The Morgan fingerprint density at radius 2 is 2.06 bits per heavy atom. The van der Waals surface area contributed by atoms with Gasteiger partial charge in [-0.3, -0.25) is 0 Å². The van der Waals surface area contributed by atoms with E-state index in [9.17, 15) is 8.78 Å². The second kappa shape index (κ2) is 4.76. The molecule has 5 heteroatoms. The zero-order valence-electron chi connectivity index (χ0n) is 10.4. The van der Waals surface area contributed by atoms with Crippen molar-refractivity contribution in [3.63, 3.8) is 0 Å². The fourth-order valence-electron chi connectivity index (χ4n) is 1.97. The molecule has 0 aliphatic rings. The van der Waals surface area contributed by atoms with E-state index in [4.69, 9.17) is 5.73 Å². The molecule has 0 unspecified atom stereocenters. The smallest absolute Gasteiger partial charge is 0.168 e. The van der Waals surface area contributed by atoms with Gasteiger partial charge in [0.15, 0.2) is 11.6 Å². The third-order valence-electron chi connectivity index (χ3n) is 2.85. The minimum Gasteiger partial charge on any atom is -0.383 e. The first-order valence-electron chi connectivity index (χ1n) is 5.83. The van der Waals surface area contributed by atoms with Gasteiger partial charge in [0.25, 0.3) is 0 Å². The van der Waals surface area contributed by atoms with E-state index in [0.29, 0.717) is 23.9 Å². The van der Waals surface area contributed by atoms with Crippen LogP contribution in [0.1, 0.15) is 19.2 Å². The minimum absolute atomic E-state index is 0.102. The van der Waals surface area contributed by atoms with E-state index >= 15 is 0 Å². The molecule has 96 valence electrons. The highest BCUT2D eigenvalue weighted by Gasteiger charge is 2.18. The molecule has 1 heterocycles. The Bertz CT molecular complexity index is 576. The Labute approximate surface area is 104 Å². The van der Waals surface area contributed by atoms with Gasteiger partial charge in [-0.15, -0.1) is 0 Å². The number of hydrogen-bond donors (Lipinski definition) is 1. The molecule has 0 saturated carbocycles. The van der Waals surface area contributed by atoms with Crippen LogP contribution in [-0.4, -0.2) is 9.55 Å². The minimum atomic E-state index is -0.912. The van der Waals surface area contributed by atoms with E-state index in [2.05, 4.69) is 4.98 Å². The second-order valence-corrected chi connectivity index (χ2v) is 4.15. The Hall–Kier alpha value is -1.91. The molecule has 0 radical (unpaired) electrons. The van der Waals surface area contributed by atoms with Crippen LogP contribution >= 0.6 is 0 Å². The number of aromatic nitrogens is 2. The first-order chi connectivity index (χ1) is 8.56. The molecule has 0 fully saturated rings. The van der Waals surface area contributed by atoms with Crippen molar-refractivity contribution in [2.24, 2.45) is 0 Å². The van der Waals surface area contributed by atoms with E-state index in [1.165, 1.54) is 12.1 Å². The highest BCUT2D eigenvalue weighted by Crippen LogP contribution is 2.29. The van der Waals surface area contributed by atoms with Crippen molar-refractivity contribution in [2.75, 3.05) is 5.73 Å². The molecule has 0 aliphatic heterocycles. The molecular weight excluding hydrogens is 236 g/mol. The van der Waals surface area contributed by atoms with Gasteiger partial charge < -0.3 is 10.3 Å². The van der Waals surface area contributed by atoms with E-state index in [0.717, 1.165) is 12.5 Å². The SMILES string of the molecule is CCCn1c(C)nc(-c2cccc(F)c2F)c1N. The normalized spacial score (nSPS) is 10.9. The lowest BCUT2D eigenvalue weighted by atomic mass is 10.1. The van der Waals surface area contributed by atoms with Crippen LogP contribution in [0.2, 0.25) is 0 Å². The van der Waals surface area contributed by atoms with Gasteiger partial charge in [-0.25, -0.2) is 13.8 Å². The Balaban J connectivity index is 2.58. The molecule has 0 atom stereocenters. The molecular formula is C13H15F2N3. The number of halogens is 2. The number of nitrogens with zero attached hydrogens (tertiary/aromatic N) is 2. The molecule has 2 aromatic rings. The average molecular weight is 251 g/mol. The van der Waals surface area contributed by atoms with Crippen molar-refractivity contribution >= 4 is 5.82 Å². The maximum Gasteiger partial charge on any atom is 0.168 e. The molecule has 0 aliphatic carbocycles. The van der Waals surface area contributed by atoms with Crippen LogP contribution in [0.25, 0.3) is 11.3 Å². The van der Waals surface area contributed by atoms with E-state index in [-0.39, 0.29) is 5.56 Å². The number of nitrogens with two attached hydrogens (primary N) is 1. The topological polar surface area (TPSA) is 43.8 Å². The Morgan fingerprint density at radius 1 is 1.33 bits per heavy atom. The molecule has 1 aromatic heterocycles. The van der Waals surface area contributed by atoms with Crippen LogP contribution in [-0.2, 0) is 6.54 Å². The molecule has 2 rings (SSSR count). The van der Waals surface area contributed by atoms with Crippen molar-refractivity contribution in [3.8, 4) is 11.3 Å². The lowest BCUT2D eigenvalue weighted by Gasteiger charge is -2.06. The van der Waals surface area contributed by atoms with Crippen LogP contribution in [0.3, 0.4) is 0 Å². The average Bonchev–Trinajstić information content (AvgIpc) is 2.61. The third-order valence-corrected chi connectivity index (χ3v) is 2.85. The predicted molar refractivity (Wildman–Crippen MR) is 67.0 cm³/mol. The second-order valence-electron chi connectivity index (χ2n) is 4.15. The van der Waals surface area contributed by atoms with Gasteiger partial charge in [-0.05, 0) is 25.5 Å². The van der Waals surface area contributed by atoms with Gasteiger partial charge in [0.05, 0.1) is 0 Å². The monoisotopic (exact) mass is 251 g/mol. The van der Waals surface area contributed by atoms with Gasteiger partial charge in [-0.2, -0.15) is 0 Å². The van der Waals surface area contributed by atoms with E-state index in [1.54, 1.807) is 11.5 Å². The first kappa shape index (κ1) is 12.5. The fraction of sp³-hybridized carbons (Fsp3) is 0.308. The lowest BCUT2D eigenvalue weighted by molar-refractivity contribution is 0.511. The first-order valence-corrected chi connectivity index (χ1v) is 5.83. The molecule has 3 nitrogen and oxygen atoms in total. The third kappa shape index (κ3) is 1.96. The van der Waals surface area contributed by atoms with Crippen molar-refractivity contribution in [1.29, 1.82) is 0 Å². The molecule has 0 bridgehead atoms. The summed E-state index contributed by atoms with van der Waals surface area (Å²) in [5, 5.41) is 0. The van der Waals surface area contributed by atoms with Gasteiger partial charge in [-0.1, -0.05) is 13.0 Å². The standard InChI is InChI=1S/C13H15F2N3/c1-3-7-18-8(2)17-12(13(18)16)9-5-4-6-10(14)11(9)15/h4-6H,3,7,16H2,1-2H3. The van der Waals surface area contributed by atoms with Gasteiger partial charge in [0.2, 0.25) is 0 Å². The maximum atomic E-state index is 13.7. The fourth-order valence-corrected chi connectivity index (χ4v) is 1.97. The van der Waals surface area contributed by atoms with Crippen LogP contribution in [0.4, 0.5) is 14.6 Å². The highest BCUT2D eigenvalue weighted by atomic mass is 19.2. The summed E-state index contributed by atoms with van der Waals surface area (Å²) in [5.74, 6) is -0.730. The summed E-state index contributed by atoms with van der Waals surface area (Å²) in [5.41, 5.74) is 6.36. The van der Waals surface area contributed by atoms with Gasteiger partial charge in [0.1, 0.15) is 17.3 Å². The zero-order chi connectivity index (χ0) is 13.3. The number of hydrogen-bond acceptors (Lipinski definition) is 2. The zero-order valence-corrected chi connectivity index (χ0v) is 10.4. The summed E-state index contributed by atoms with van der Waals surface area (Å²) < 4.78 is 28.7. The largest absolute Gasteiger partial charge is 0.383 e. The number of anilines is 1. The van der Waals surface area contributed by atoms with Crippen LogP contribution in [0, 0.1) is 18.6 Å². The number of imidazole rings is 1. The number of rotatable bonds is 3. The van der Waals surface area contributed by atoms with Crippen LogP contribution in [0.15, 0.2) is 18.2 Å².